The third-order valence-electron chi connectivity index (χ3n) is 2.11. The molecule has 0 saturated carbocycles. The van der Waals surface area contributed by atoms with Crippen molar-refractivity contribution < 1.29 is 19.5 Å². The number of aldehydes is 2. The van der Waals surface area contributed by atoms with Crippen LogP contribution in [0.5, 0.6) is 0 Å². The molecule has 4 nitrogen and oxygen atoms in total. The van der Waals surface area contributed by atoms with Crippen LogP contribution in [0.2, 0.25) is 0 Å². The van der Waals surface area contributed by atoms with E-state index in [1.165, 1.54) is 6.08 Å². The zero-order valence-corrected chi connectivity index (χ0v) is 8.37. The Hall–Kier alpha value is -2.23. The lowest BCUT2D eigenvalue weighted by molar-refractivity contribution is -0.149. The van der Waals surface area contributed by atoms with Crippen LogP contribution < -0.4 is 0 Å². The summed E-state index contributed by atoms with van der Waals surface area (Å²) >= 11 is 0. The molecule has 0 aliphatic carbocycles. The van der Waals surface area contributed by atoms with E-state index in [1.807, 2.05) is 0 Å². The van der Waals surface area contributed by atoms with E-state index >= 15 is 0 Å². The maximum absolute atomic E-state index is 10.8. The lowest BCUT2D eigenvalue weighted by Gasteiger charge is -2.09. The van der Waals surface area contributed by atoms with Crippen LogP contribution in [0.4, 0.5) is 0 Å². The summed E-state index contributed by atoms with van der Waals surface area (Å²) in [5, 5.41) is 8.79. The van der Waals surface area contributed by atoms with Crippen LogP contribution in [0.3, 0.4) is 0 Å². The predicted molar refractivity (Wildman–Crippen MR) is 57.7 cm³/mol. The highest BCUT2D eigenvalue weighted by atomic mass is 16.4. The van der Waals surface area contributed by atoms with Crippen molar-refractivity contribution in [3.8, 4) is 0 Å². The Morgan fingerprint density at radius 2 is 1.69 bits per heavy atom. The van der Waals surface area contributed by atoms with Crippen molar-refractivity contribution in [2.75, 3.05) is 0 Å². The lowest BCUT2D eigenvalue weighted by Crippen LogP contribution is -2.32. The molecule has 1 aromatic rings. The van der Waals surface area contributed by atoms with E-state index in [9.17, 15) is 14.4 Å². The first-order chi connectivity index (χ1) is 7.64. The lowest BCUT2D eigenvalue weighted by atomic mass is 9.91. The van der Waals surface area contributed by atoms with E-state index in [4.69, 9.17) is 5.11 Å². The van der Waals surface area contributed by atoms with Crippen LogP contribution in [0.1, 0.15) is 5.56 Å². The minimum absolute atomic E-state index is 0.113. The van der Waals surface area contributed by atoms with Gasteiger partial charge < -0.3 is 14.7 Å². The second kappa shape index (κ2) is 5.02. The molecule has 1 rings (SSSR count). The van der Waals surface area contributed by atoms with Gasteiger partial charge in [-0.1, -0.05) is 42.5 Å². The highest BCUT2D eigenvalue weighted by molar-refractivity contribution is 6.10. The zero-order valence-electron chi connectivity index (χ0n) is 8.37. The summed E-state index contributed by atoms with van der Waals surface area (Å²) in [7, 11) is 0. The average Bonchev–Trinajstić information content (AvgIpc) is 2.32. The van der Waals surface area contributed by atoms with Crippen LogP contribution in [-0.2, 0) is 14.4 Å². The van der Waals surface area contributed by atoms with Gasteiger partial charge in [0.1, 0.15) is 12.6 Å². The van der Waals surface area contributed by atoms with Crippen molar-refractivity contribution in [3.63, 3.8) is 0 Å². The molecule has 1 aromatic carbocycles. The third-order valence-corrected chi connectivity index (χ3v) is 2.11. The topological polar surface area (TPSA) is 71.4 Å². The van der Waals surface area contributed by atoms with Crippen molar-refractivity contribution in [3.05, 3.63) is 42.0 Å². The van der Waals surface area contributed by atoms with Gasteiger partial charge in [0.25, 0.3) is 0 Å². The van der Waals surface area contributed by atoms with Crippen LogP contribution in [0.15, 0.2) is 36.4 Å². The molecule has 0 saturated heterocycles. The number of rotatable bonds is 5. The average molecular weight is 218 g/mol. The summed E-state index contributed by atoms with van der Waals surface area (Å²) in [6.07, 6.45) is 2.73. The molecule has 1 N–H and O–H groups in total. The van der Waals surface area contributed by atoms with Gasteiger partial charge in [-0.15, -0.1) is 0 Å². The molecule has 0 heterocycles. The first-order valence-corrected chi connectivity index (χ1v) is 4.55. The van der Waals surface area contributed by atoms with Crippen molar-refractivity contribution in [1.29, 1.82) is 0 Å². The number of hydrogen-bond acceptors (Lipinski definition) is 3. The minimum atomic E-state index is -2.09. The zero-order chi connectivity index (χ0) is 12.0. The normalized spacial score (nSPS) is 11.2. The molecule has 0 unspecified atom stereocenters. The van der Waals surface area contributed by atoms with Crippen LogP contribution in [0.25, 0.3) is 6.08 Å². The molecule has 0 aliphatic heterocycles. The highest BCUT2D eigenvalue weighted by Gasteiger charge is 2.35. The molecule has 4 heteroatoms. The van der Waals surface area contributed by atoms with E-state index < -0.39 is 11.4 Å². The Balaban J connectivity index is 3.01. The van der Waals surface area contributed by atoms with Crippen LogP contribution in [0, 0.1) is 5.41 Å². The van der Waals surface area contributed by atoms with Gasteiger partial charge >= 0.3 is 5.97 Å². The molecule has 0 spiro atoms. The van der Waals surface area contributed by atoms with Gasteiger partial charge in [0, 0.05) is 0 Å². The predicted octanol–water partition coefficient (Wildman–Crippen LogP) is 1.17. The first kappa shape index (κ1) is 11.8. The summed E-state index contributed by atoms with van der Waals surface area (Å²) in [6.45, 7) is 0. The molecule has 0 aliphatic rings. The summed E-state index contributed by atoms with van der Waals surface area (Å²) in [6, 6.07) is 8.81. The van der Waals surface area contributed by atoms with Crippen molar-refractivity contribution in [2.45, 2.75) is 0 Å². The number of aliphatic carboxylic acids is 1. The molecule has 82 valence electrons. The molecule has 0 bridgehead atoms. The Labute approximate surface area is 92.2 Å². The fourth-order valence-corrected chi connectivity index (χ4v) is 1.08. The van der Waals surface area contributed by atoms with Crippen LogP contribution in [-0.4, -0.2) is 23.6 Å². The van der Waals surface area contributed by atoms with E-state index in [0.29, 0.717) is 0 Å². The quantitative estimate of drug-likeness (QED) is 0.594. The van der Waals surface area contributed by atoms with Gasteiger partial charge in [-0.3, -0.25) is 4.79 Å². The molecule has 0 atom stereocenters. The van der Waals surface area contributed by atoms with Crippen molar-refractivity contribution in [2.24, 2.45) is 5.41 Å². The molecular formula is C12H10O4. The Morgan fingerprint density at radius 1 is 1.12 bits per heavy atom. The summed E-state index contributed by atoms with van der Waals surface area (Å²) in [5.74, 6) is -1.48. The Kier molecular flexibility index (Phi) is 3.72. The van der Waals surface area contributed by atoms with Crippen molar-refractivity contribution >= 4 is 24.6 Å². The van der Waals surface area contributed by atoms with Gasteiger partial charge in [0.15, 0.2) is 5.41 Å². The van der Waals surface area contributed by atoms with E-state index in [1.54, 1.807) is 30.3 Å². The van der Waals surface area contributed by atoms with E-state index in [2.05, 4.69) is 0 Å². The van der Waals surface area contributed by atoms with Gasteiger partial charge in [0.2, 0.25) is 0 Å². The summed E-state index contributed by atoms with van der Waals surface area (Å²) < 4.78 is 0. The summed E-state index contributed by atoms with van der Waals surface area (Å²) in [5.41, 5.74) is -1.37. The maximum atomic E-state index is 10.8. The highest BCUT2D eigenvalue weighted by Crippen LogP contribution is 2.15. The maximum Gasteiger partial charge on any atom is 0.328 e. The van der Waals surface area contributed by atoms with Gasteiger partial charge in [-0.05, 0) is 5.56 Å². The fourth-order valence-electron chi connectivity index (χ4n) is 1.08. The SMILES string of the molecule is O=CC(C=O)(C=Cc1ccccc1)C(=O)O. The van der Waals surface area contributed by atoms with Gasteiger partial charge in [0.05, 0.1) is 0 Å². The Bertz CT molecular complexity index is 412. The fraction of sp³-hybridized carbons (Fsp3) is 0.0833. The third kappa shape index (κ3) is 2.42. The minimum Gasteiger partial charge on any atom is -0.480 e. The second-order valence-corrected chi connectivity index (χ2v) is 3.22. The van der Waals surface area contributed by atoms with Crippen molar-refractivity contribution in [1.82, 2.24) is 0 Å². The first-order valence-electron chi connectivity index (χ1n) is 4.55. The standard InChI is InChI=1S/C12H10O4/c13-8-12(9-14,11(15)16)7-6-10-4-2-1-3-5-10/h1-9H,(H,15,16). The van der Waals surface area contributed by atoms with Crippen LogP contribution >= 0.6 is 0 Å². The molecular weight excluding hydrogens is 208 g/mol. The second-order valence-electron chi connectivity index (χ2n) is 3.22. The largest absolute Gasteiger partial charge is 0.480 e. The number of carboxylic acid groups (broad SMARTS) is 1. The van der Waals surface area contributed by atoms with E-state index in [-0.39, 0.29) is 12.6 Å². The molecule has 0 fully saturated rings. The molecule has 16 heavy (non-hydrogen) atoms. The number of benzene rings is 1. The number of carbonyl (C=O) groups excluding carboxylic acids is 2. The smallest absolute Gasteiger partial charge is 0.328 e. The Morgan fingerprint density at radius 3 is 2.12 bits per heavy atom. The molecule has 0 radical (unpaired) electrons. The number of carbonyl (C=O) groups is 3. The molecule has 0 aromatic heterocycles. The summed E-state index contributed by atoms with van der Waals surface area (Å²) in [4.78, 5) is 32.1. The monoisotopic (exact) mass is 218 g/mol. The van der Waals surface area contributed by atoms with Gasteiger partial charge in [-0.25, -0.2) is 0 Å². The van der Waals surface area contributed by atoms with Gasteiger partial charge in [-0.2, -0.15) is 0 Å². The number of hydrogen-bond donors (Lipinski definition) is 1. The molecule has 0 amide bonds. The van der Waals surface area contributed by atoms with E-state index in [0.717, 1.165) is 11.6 Å². The number of carboxylic acids is 1.